The van der Waals surface area contributed by atoms with E-state index in [9.17, 15) is 18.0 Å². The molecule has 0 saturated carbocycles. The summed E-state index contributed by atoms with van der Waals surface area (Å²) in [5, 5.41) is 2.90. The van der Waals surface area contributed by atoms with E-state index in [2.05, 4.69) is 10.3 Å². The van der Waals surface area contributed by atoms with Crippen molar-refractivity contribution in [3.05, 3.63) is 52.3 Å². The van der Waals surface area contributed by atoms with Crippen molar-refractivity contribution in [1.29, 1.82) is 0 Å². The maximum absolute atomic E-state index is 12.7. The molecule has 0 fully saturated rings. The number of carbonyl (C=O) groups excluding carboxylic acids is 2. The van der Waals surface area contributed by atoms with E-state index < -0.39 is 9.84 Å². The molecule has 0 saturated heterocycles. The summed E-state index contributed by atoms with van der Waals surface area (Å²) in [4.78, 5) is 28.1. The molecule has 2 aromatic rings. The first-order valence-corrected chi connectivity index (χ1v) is 10.4. The molecule has 1 amide bonds. The van der Waals surface area contributed by atoms with Crippen molar-refractivity contribution >= 4 is 21.5 Å². The first-order chi connectivity index (χ1) is 12.2. The van der Waals surface area contributed by atoms with Gasteiger partial charge in [-0.3, -0.25) is 9.59 Å². The van der Waals surface area contributed by atoms with Crippen molar-refractivity contribution in [3.63, 3.8) is 0 Å². The van der Waals surface area contributed by atoms with Crippen LogP contribution in [0.25, 0.3) is 0 Å². The zero-order valence-electron chi connectivity index (χ0n) is 15.0. The van der Waals surface area contributed by atoms with Gasteiger partial charge in [-0.15, -0.1) is 0 Å². The van der Waals surface area contributed by atoms with E-state index in [1.807, 2.05) is 6.92 Å². The molecular weight excluding hydrogens is 352 g/mol. The van der Waals surface area contributed by atoms with Crippen molar-refractivity contribution in [1.82, 2.24) is 10.3 Å². The van der Waals surface area contributed by atoms with E-state index in [0.29, 0.717) is 23.2 Å². The van der Waals surface area contributed by atoms with Crippen LogP contribution in [0.1, 0.15) is 63.5 Å². The average molecular weight is 374 g/mol. The number of hydrogen-bond donors (Lipinski definition) is 2. The molecule has 0 spiro atoms. The number of rotatable bonds is 4. The Morgan fingerprint density at radius 2 is 1.85 bits per heavy atom. The highest BCUT2D eigenvalue weighted by atomic mass is 32.2. The number of aromatic amines is 1. The van der Waals surface area contributed by atoms with Gasteiger partial charge in [0.15, 0.2) is 15.6 Å². The SMILES string of the molecule is Cc1c(C(=O)NC(C)c2ccc(S(C)(=O)=O)cc2)[nH]c2c1C(=O)CCC2. The zero-order chi connectivity index (χ0) is 19.1. The van der Waals surface area contributed by atoms with Gasteiger partial charge >= 0.3 is 0 Å². The zero-order valence-corrected chi connectivity index (χ0v) is 15.9. The standard InChI is InChI=1S/C19H22N2O4S/c1-11-17-15(5-4-6-16(17)22)21-18(11)19(23)20-12(2)13-7-9-14(10-8-13)26(3,24)25/h7-10,12,21H,4-6H2,1-3H3,(H,20,23). The number of Topliss-reactive ketones (excluding diaryl/α,β-unsaturated/α-hetero) is 1. The fourth-order valence-corrected chi connectivity index (χ4v) is 3.99. The second-order valence-corrected chi connectivity index (χ2v) is 8.81. The summed E-state index contributed by atoms with van der Waals surface area (Å²) < 4.78 is 23.1. The van der Waals surface area contributed by atoms with Gasteiger partial charge in [-0.2, -0.15) is 0 Å². The molecule has 1 heterocycles. The van der Waals surface area contributed by atoms with Crippen molar-refractivity contribution in [2.75, 3.05) is 6.26 Å². The maximum Gasteiger partial charge on any atom is 0.268 e. The molecule has 0 bridgehead atoms. The van der Waals surface area contributed by atoms with Crippen LogP contribution in [0.15, 0.2) is 29.2 Å². The number of hydrogen-bond acceptors (Lipinski definition) is 4. The quantitative estimate of drug-likeness (QED) is 0.860. The molecule has 1 aliphatic rings. The molecule has 3 rings (SSSR count). The Morgan fingerprint density at radius 3 is 2.42 bits per heavy atom. The van der Waals surface area contributed by atoms with Crippen molar-refractivity contribution in [3.8, 4) is 0 Å². The van der Waals surface area contributed by atoms with Gasteiger partial charge in [0.05, 0.1) is 10.9 Å². The lowest BCUT2D eigenvalue weighted by Crippen LogP contribution is -2.27. The lowest BCUT2D eigenvalue weighted by molar-refractivity contribution is 0.0934. The van der Waals surface area contributed by atoms with Crippen molar-refractivity contribution < 1.29 is 18.0 Å². The molecule has 0 radical (unpaired) electrons. The van der Waals surface area contributed by atoms with Crippen LogP contribution in [0.3, 0.4) is 0 Å². The van der Waals surface area contributed by atoms with E-state index in [1.165, 1.54) is 12.1 Å². The Labute approximate surface area is 152 Å². The largest absolute Gasteiger partial charge is 0.354 e. The number of aryl methyl sites for hydroxylation is 1. The summed E-state index contributed by atoms with van der Waals surface area (Å²) in [7, 11) is -3.25. The topological polar surface area (TPSA) is 96.1 Å². The second-order valence-electron chi connectivity index (χ2n) is 6.79. The Balaban J connectivity index is 1.79. The number of H-pyrrole nitrogens is 1. The van der Waals surface area contributed by atoms with E-state index in [4.69, 9.17) is 0 Å². The molecule has 1 aromatic heterocycles. The summed E-state index contributed by atoms with van der Waals surface area (Å²) in [5.41, 5.74) is 3.42. The molecule has 7 heteroatoms. The highest BCUT2D eigenvalue weighted by molar-refractivity contribution is 7.90. The van der Waals surface area contributed by atoms with Gasteiger partial charge < -0.3 is 10.3 Å². The van der Waals surface area contributed by atoms with Crippen molar-refractivity contribution in [2.45, 2.75) is 44.0 Å². The van der Waals surface area contributed by atoms with E-state index in [0.717, 1.165) is 30.4 Å². The van der Waals surface area contributed by atoms with Gasteiger partial charge in [0.1, 0.15) is 5.69 Å². The Bertz CT molecular complexity index is 972. The molecule has 0 aliphatic heterocycles. The van der Waals surface area contributed by atoms with Crippen LogP contribution in [-0.4, -0.2) is 31.3 Å². The fraction of sp³-hybridized carbons (Fsp3) is 0.368. The molecular formula is C19H22N2O4S. The third-order valence-corrected chi connectivity index (χ3v) is 5.95. The normalized spacial score (nSPS) is 15.4. The molecule has 1 atom stereocenters. The van der Waals surface area contributed by atoms with Crippen LogP contribution in [0, 0.1) is 6.92 Å². The van der Waals surface area contributed by atoms with Crippen LogP contribution in [0.5, 0.6) is 0 Å². The first kappa shape index (κ1) is 18.4. The monoisotopic (exact) mass is 374 g/mol. The summed E-state index contributed by atoms with van der Waals surface area (Å²) in [5.74, 6) is -0.187. The van der Waals surface area contributed by atoms with Crippen molar-refractivity contribution in [2.24, 2.45) is 0 Å². The summed E-state index contributed by atoms with van der Waals surface area (Å²) in [6.07, 6.45) is 3.26. The molecule has 1 unspecified atom stereocenters. The number of ketones is 1. The first-order valence-electron chi connectivity index (χ1n) is 8.54. The number of sulfone groups is 1. The summed E-state index contributed by atoms with van der Waals surface area (Å²) in [6.45, 7) is 3.62. The van der Waals surface area contributed by atoms with Gasteiger partial charge in [-0.05, 0) is 49.9 Å². The van der Waals surface area contributed by atoms with Gasteiger partial charge in [-0.1, -0.05) is 12.1 Å². The van der Waals surface area contributed by atoms with Gasteiger partial charge in [-0.25, -0.2) is 8.42 Å². The smallest absolute Gasteiger partial charge is 0.268 e. The second kappa shape index (κ2) is 6.72. The van der Waals surface area contributed by atoms with E-state index in [1.54, 1.807) is 19.1 Å². The van der Waals surface area contributed by atoms with Crippen LogP contribution in [0.4, 0.5) is 0 Å². The number of fused-ring (bicyclic) bond motifs is 1. The van der Waals surface area contributed by atoms with Gasteiger partial charge in [0, 0.05) is 23.9 Å². The van der Waals surface area contributed by atoms with Crippen LogP contribution >= 0.6 is 0 Å². The fourth-order valence-electron chi connectivity index (χ4n) is 3.36. The minimum Gasteiger partial charge on any atom is -0.354 e. The lowest BCUT2D eigenvalue weighted by Gasteiger charge is -2.14. The number of nitrogens with one attached hydrogen (secondary N) is 2. The van der Waals surface area contributed by atoms with Gasteiger partial charge in [0.2, 0.25) is 0 Å². The maximum atomic E-state index is 12.7. The minimum atomic E-state index is -3.25. The van der Waals surface area contributed by atoms with Gasteiger partial charge in [0.25, 0.3) is 5.91 Å². The molecule has 6 nitrogen and oxygen atoms in total. The number of amides is 1. The Kier molecular flexibility index (Phi) is 4.75. The number of benzene rings is 1. The highest BCUT2D eigenvalue weighted by Crippen LogP contribution is 2.27. The summed E-state index contributed by atoms with van der Waals surface area (Å²) in [6, 6.07) is 6.15. The van der Waals surface area contributed by atoms with Crippen LogP contribution < -0.4 is 5.32 Å². The minimum absolute atomic E-state index is 0.0865. The molecule has 1 aromatic carbocycles. The molecule has 26 heavy (non-hydrogen) atoms. The Morgan fingerprint density at radius 1 is 1.19 bits per heavy atom. The lowest BCUT2D eigenvalue weighted by atomic mass is 9.94. The summed E-state index contributed by atoms with van der Waals surface area (Å²) >= 11 is 0. The molecule has 2 N–H and O–H groups in total. The third-order valence-electron chi connectivity index (χ3n) is 4.82. The Hall–Kier alpha value is -2.41. The van der Waals surface area contributed by atoms with Crippen LogP contribution in [-0.2, 0) is 16.3 Å². The van der Waals surface area contributed by atoms with Crippen LogP contribution in [0.2, 0.25) is 0 Å². The molecule has 1 aliphatic carbocycles. The number of carbonyl (C=O) groups is 2. The number of aromatic nitrogens is 1. The van der Waals surface area contributed by atoms with E-state index in [-0.39, 0.29) is 22.6 Å². The predicted molar refractivity (Wildman–Crippen MR) is 98.2 cm³/mol. The highest BCUT2D eigenvalue weighted by Gasteiger charge is 2.26. The average Bonchev–Trinajstić information content (AvgIpc) is 2.92. The predicted octanol–water partition coefficient (Wildman–Crippen LogP) is 2.74. The third kappa shape index (κ3) is 3.44. The molecule has 138 valence electrons. The van der Waals surface area contributed by atoms with E-state index >= 15 is 0 Å².